The normalized spacial score (nSPS) is 34.5. The van der Waals surface area contributed by atoms with Gasteiger partial charge in [0.25, 0.3) is 0 Å². The van der Waals surface area contributed by atoms with Gasteiger partial charge in [-0.25, -0.2) is 0 Å². The highest BCUT2D eigenvalue weighted by Crippen LogP contribution is 2.39. The molecule has 1 saturated heterocycles. The Morgan fingerprint density at radius 1 is 1.53 bits per heavy atom. The Bertz CT molecular complexity index is 277. The van der Waals surface area contributed by atoms with E-state index in [9.17, 15) is 9.59 Å². The summed E-state index contributed by atoms with van der Waals surface area (Å²) in [5.74, 6) is -0.329. The zero-order valence-electron chi connectivity index (χ0n) is 8.99. The van der Waals surface area contributed by atoms with Crippen molar-refractivity contribution in [2.75, 3.05) is 13.2 Å². The predicted molar refractivity (Wildman–Crippen MR) is 54.0 cm³/mol. The number of fused-ring (bicyclic) bond motifs is 1. The van der Waals surface area contributed by atoms with E-state index in [2.05, 4.69) is 5.32 Å². The van der Waals surface area contributed by atoms with Crippen LogP contribution in [0, 0.1) is 17.8 Å². The maximum absolute atomic E-state index is 11.7. The molecule has 84 valence electrons. The maximum Gasteiger partial charge on any atom is 0.318 e. The fourth-order valence-corrected chi connectivity index (χ4v) is 2.81. The fourth-order valence-electron chi connectivity index (χ4n) is 2.81. The van der Waals surface area contributed by atoms with Crippen LogP contribution in [-0.2, 0) is 14.3 Å². The number of nitrogens with one attached hydrogen (secondary N) is 1. The molecule has 0 spiro atoms. The Kier molecular flexibility index (Phi) is 2.93. The average molecular weight is 211 g/mol. The molecule has 2 aliphatic rings. The van der Waals surface area contributed by atoms with Gasteiger partial charge < -0.3 is 10.1 Å². The molecule has 0 radical (unpaired) electrons. The van der Waals surface area contributed by atoms with Crippen LogP contribution in [0.5, 0.6) is 0 Å². The standard InChI is InChI=1S/C11H17NO3/c1-2-15-11(14)9-8-5-3-4-7(8)6-12-10(9)13/h7-9H,2-6H2,1H3,(H,12,13)/t7-,8-,9+/m1/s1. The first-order chi connectivity index (χ1) is 7.24. The number of esters is 1. The van der Waals surface area contributed by atoms with E-state index < -0.39 is 5.92 Å². The number of ether oxygens (including phenoxy) is 1. The van der Waals surface area contributed by atoms with Crippen LogP contribution in [-0.4, -0.2) is 25.0 Å². The first kappa shape index (κ1) is 10.5. The van der Waals surface area contributed by atoms with Gasteiger partial charge >= 0.3 is 5.97 Å². The summed E-state index contributed by atoms with van der Waals surface area (Å²) >= 11 is 0. The molecule has 0 aromatic heterocycles. The van der Waals surface area contributed by atoms with Gasteiger partial charge in [0, 0.05) is 6.54 Å². The van der Waals surface area contributed by atoms with Crippen molar-refractivity contribution < 1.29 is 14.3 Å². The van der Waals surface area contributed by atoms with E-state index in [1.165, 1.54) is 0 Å². The quantitative estimate of drug-likeness (QED) is 0.540. The number of carbonyl (C=O) groups excluding carboxylic acids is 2. The highest BCUT2D eigenvalue weighted by molar-refractivity contribution is 5.98. The Labute approximate surface area is 89.4 Å². The Balaban J connectivity index is 2.11. The number of hydrogen-bond acceptors (Lipinski definition) is 3. The van der Waals surface area contributed by atoms with Gasteiger partial charge in [0.1, 0.15) is 5.92 Å². The van der Waals surface area contributed by atoms with Gasteiger partial charge in [0.2, 0.25) is 5.91 Å². The molecule has 1 aliphatic heterocycles. The topological polar surface area (TPSA) is 55.4 Å². The van der Waals surface area contributed by atoms with Crippen molar-refractivity contribution in [3.63, 3.8) is 0 Å². The zero-order chi connectivity index (χ0) is 10.8. The lowest BCUT2D eigenvalue weighted by Crippen LogP contribution is -2.49. The van der Waals surface area contributed by atoms with E-state index in [1.807, 2.05) is 0 Å². The van der Waals surface area contributed by atoms with Gasteiger partial charge in [0.05, 0.1) is 6.61 Å². The Hall–Kier alpha value is -1.06. The summed E-state index contributed by atoms with van der Waals surface area (Å²) < 4.78 is 4.96. The fraction of sp³-hybridized carbons (Fsp3) is 0.818. The van der Waals surface area contributed by atoms with Crippen molar-refractivity contribution in [3.8, 4) is 0 Å². The summed E-state index contributed by atoms with van der Waals surface area (Å²) in [4.78, 5) is 23.3. The number of amides is 1. The first-order valence-electron chi connectivity index (χ1n) is 5.68. The van der Waals surface area contributed by atoms with Crippen molar-refractivity contribution in [1.82, 2.24) is 5.32 Å². The average Bonchev–Trinajstić information content (AvgIpc) is 2.65. The van der Waals surface area contributed by atoms with Crippen LogP contribution >= 0.6 is 0 Å². The number of hydrogen-bond donors (Lipinski definition) is 1. The molecule has 4 heteroatoms. The summed E-state index contributed by atoms with van der Waals surface area (Å²) in [6.07, 6.45) is 3.24. The molecule has 1 heterocycles. The zero-order valence-corrected chi connectivity index (χ0v) is 8.99. The molecule has 2 rings (SSSR count). The number of piperidine rings is 1. The molecular formula is C11H17NO3. The highest BCUT2D eigenvalue weighted by Gasteiger charge is 2.45. The Morgan fingerprint density at radius 3 is 3.07 bits per heavy atom. The first-order valence-corrected chi connectivity index (χ1v) is 5.68. The van der Waals surface area contributed by atoms with Crippen molar-refractivity contribution >= 4 is 11.9 Å². The van der Waals surface area contributed by atoms with Gasteiger partial charge in [-0.2, -0.15) is 0 Å². The SMILES string of the molecule is CCOC(=O)[C@@H]1C(=O)NC[C@H]2CCC[C@H]21. The summed E-state index contributed by atoms with van der Waals surface area (Å²) in [5, 5.41) is 2.80. The lowest BCUT2D eigenvalue weighted by atomic mass is 9.80. The van der Waals surface area contributed by atoms with Gasteiger partial charge in [-0.05, 0) is 31.6 Å². The lowest BCUT2D eigenvalue weighted by molar-refractivity contribution is -0.156. The van der Waals surface area contributed by atoms with Crippen molar-refractivity contribution in [2.24, 2.45) is 17.8 Å². The minimum atomic E-state index is -0.550. The smallest absolute Gasteiger partial charge is 0.318 e. The van der Waals surface area contributed by atoms with Gasteiger partial charge in [-0.3, -0.25) is 9.59 Å². The maximum atomic E-state index is 11.7. The molecule has 3 atom stereocenters. The molecule has 0 aromatic rings. The van der Waals surface area contributed by atoms with E-state index in [0.717, 1.165) is 25.8 Å². The molecule has 0 aromatic carbocycles. The second kappa shape index (κ2) is 4.21. The van der Waals surface area contributed by atoms with Crippen LogP contribution in [0.3, 0.4) is 0 Å². The number of rotatable bonds is 2. The molecule has 2 fully saturated rings. The molecule has 0 bridgehead atoms. The molecule has 1 amide bonds. The van der Waals surface area contributed by atoms with Gasteiger partial charge in [-0.15, -0.1) is 0 Å². The summed E-state index contributed by atoms with van der Waals surface area (Å²) in [6, 6.07) is 0. The largest absolute Gasteiger partial charge is 0.465 e. The van der Waals surface area contributed by atoms with Gasteiger partial charge in [-0.1, -0.05) is 6.42 Å². The van der Waals surface area contributed by atoms with Crippen molar-refractivity contribution in [2.45, 2.75) is 26.2 Å². The summed E-state index contributed by atoms with van der Waals surface area (Å²) in [5.41, 5.74) is 0. The minimum absolute atomic E-state index is 0.142. The van der Waals surface area contributed by atoms with Crippen LogP contribution in [0.4, 0.5) is 0 Å². The molecule has 15 heavy (non-hydrogen) atoms. The summed E-state index contributed by atoms with van der Waals surface area (Å²) in [7, 11) is 0. The van der Waals surface area contributed by atoms with Crippen LogP contribution < -0.4 is 5.32 Å². The molecule has 0 unspecified atom stereocenters. The minimum Gasteiger partial charge on any atom is -0.465 e. The monoisotopic (exact) mass is 211 g/mol. The third-order valence-electron chi connectivity index (χ3n) is 3.51. The molecular weight excluding hydrogens is 194 g/mol. The van der Waals surface area contributed by atoms with Crippen molar-refractivity contribution in [1.29, 1.82) is 0 Å². The van der Waals surface area contributed by atoms with Crippen LogP contribution in [0.1, 0.15) is 26.2 Å². The van der Waals surface area contributed by atoms with Gasteiger partial charge in [0.15, 0.2) is 0 Å². The van der Waals surface area contributed by atoms with E-state index in [4.69, 9.17) is 4.74 Å². The number of carbonyl (C=O) groups is 2. The van der Waals surface area contributed by atoms with E-state index in [-0.39, 0.29) is 17.8 Å². The van der Waals surface area contributed by atoms with Crippen LogP contribution in [0.2, 0.25) is 0 Å². The predicted octanol–water partition coefficient (Wildman–Crippen LogP) is 0.712. The van der Waals surface area contributed by atoms with E-state index >= 15 is 0 Å². The third kappa shape index (κ3) is 1.85. The van der Waals surface area contributed by atoms with Crippen molar-refractivity contribution in [3.05, 3.63) is 0 Å². The molecule has 1 saturated carbocycles. The molecule has 1 aliphatic carbocycles. The summed E-state index contributed by atoms with van der Waals surface area (Å²) in [6.45, 7) is 2.85. The molecule has 1 N–H and O–H groups in total. The second-order valence-electron chi connectivity index (χ2n) is 4.33. The third-order valence-corrected chi connectivity index (χ3v) is 3.51. The van der Waals surface area contributed by atoms with E-state index in [1.54, 1.807) is 6.92 Å². The van der Waals surface area contributed by atoms with Crippen LogP contribution in [0.25, 0.3) is 0 Å². The highest BCUT2D eigenvalue weighted by atomic mass is 16.5. The Morgan fingerprint density at radius 2 is 2.33 bits per heavy atom. The molecule has 4 nitrogen and oxygen atoms in total. The van der Waals surface area contributed by atoms with Crippen LogP contribution in [0.15, 0.2) is 0 Å². The van der Waals surface area contributed by atoms with E-state index in [0.29, 0.717) is 12.5 Å². The lowest BCUT2D eigenvalue weighted by Gasteiger charge is -2.31. The second-order valence-corrected chi connectivity index (χ2v) is 4.33.